The normalized spacial score (nSPS) is 13.8. The lowest BCUT2D eigenvalue weighted by Crippen LogP contribution is -2.16. The van der Waals surface area contributed by atoms with Crippen molar-refractivity contribution in [2.45, 2.75) is 25.3 Å². The van der Waals surface area contributed by atoms with Gasteiger partial charge in [0.05, 0.1) is 18.0 Å². The summed E-state index contributed by atoms with van der Waals surface area (Å²) in [6.45, 7) is 0. The lowest BCUT2D eigenvalue weighted by Gasteiger charge is -2.13. The zero-order valence-electron chi connectivity index (χ0n) is 13.8. The SMILES string of the molecule is NC(=O)Cc1nc(-c2ccc(Cl)cc2F)n(C2Cc3ccccc3C2)n1. The average molecular weight is 371 g/mol. The molecular formula is C19H16ClFN4O. The second kappa shape index (κ2) is 6.53. The van der Waals surface area contributed by atoms with Crippen molar-refractivity contribution in [1.82, 2.24) is 14.8 Å². The Balaban J connectivity index is 1.78. The number of primary amides is 1. The quantitative estimate of drug-likeness (QED) is 0.766. The number of nitrogens with two attached hydrogens (primary N) is 1. The number of benzene rings is 2. The van der Waals surface area contributed by atoms with Gasteiger partial charge in [0.15, 0.2) is 11.6 Å². The Bertz CT molecular complexity index is 976. The van der Waals surface area contributed by atoms with Crippen LogP contribution in [0.15, 0.2) is 42.5 Å². The molecule has 132 valence electrons. The number of hydrogen-bond donors (Lipinski definition) is 1. The van der Waals surface area contributed by atoms with Crippen molar-refractivity contribution in [3.63, 3.8) is 0 Å². The van der Waals surface area contributed by atoms with E-state index in [2.05, 4.69) is 22.2 Å². The van der Waals surface area contributed by atoms with Gasteiger partial charge in [-0.1, -0.05) is 35.9 Å². The first-order valence-corrected chi connectivity index (χ1v) is 8.65. The minimum atomic E-state index is -0.528. The molecule has 1 amide bonds. The largest absolute Gasteiger partial charge is 0.369 e. The third-order valence-corrected chi connectivity index (χ3v) is 4.79. The van der Waals surface area contributed by atoms with Crippen molar-refractivity contribution in [3.05, 3.63) is 70.3 Å². The fourth-order valence-electron chi connectivity index (χ4n) is 3.42. The molecule has 3 aromatic rings. The first-order valence-electron chi connectivity index (χ1n) is 8.27. The summed E-state index contributed by atoms with van der Waals surface area (Å²) < 4.78 is 16.2. The predicted molar refractivity (Wildman–Crippen MR) is 96.2 cm³/mol. The van der Waals surface area contributed by atoms with Crippen molar-refractivity contribution in [2.24, 2.45) is 5.73 Å². The fourth-order valence-corrected chi connectivity index (χ4v) is 3.57. The summed E-state index contributed by atoms with van der Waals surface area (Å²) in [6.07, 6.45) is 1.46. The second-order valence-electron chi connectivity index (χ2n) is 6.39. The Morgan fingerprint density at radius 1 is 1.23 bits per heavy atom. The van der Waals surface area contributed by atoms with Crippen molar-refractivity contribution in [1.29, 1.82) is 0 Å². The Morgan fingerprint density at radius 3 is 2.54 bits per heavy atom. The van der Waals surface area contributed by atoms with Crippen molar-refractivity contribution < 1.29 is 9.18 Å². The fraction of sp³-hybridized carbons (Fsp3) is 0.211. The third kappa shape index (κ3) is 3.08. The Morgan fingerprint density at radius 2 is 1.92 bits per heavy atom. The molecule has 0 spiro atoms. The van der Waals surface area contributed by atoms with Gasteiger partial charge in [-0.15, -0.1) is 0 Å². The number of amides is 1. The predicted octanol–water partition coefficient (Wildman–Crippen LogP) is 3.11. The summed E-state index contributed by atoms with van der Waals surface area (Å²) >= 11 is 5.86. The van der Waals surface area contributed by atoms with Crippen LogP contribution in [0.2, 0.25) is 5.02 Å². The van der Waals surface area contributed by atoms with Crippen LogP contribution in [0.25, 0.3) is 11.4 Å². The molecule has 1 aliphatic rings. The summed E-state index contributed by atoms with van der Waals surface area (Å²) in [4.78, 5) is 15.7. The van der Waals surface area contributed by atoms with E-state index >= 15 is 0 Å². The summed E-state index contributed by atoms with van der Waals surface area (Å²) in [6, 6.07) is 12.6. The zero-order valence-corrected chi connectivity index (χ0v) is 14.6. The molecule has 0 aliphatic heterocycles. The van der Waals surface area contributed by atoms with E-state index in [1.807, 2.05) is 12.1 Å². The van der Waals surface area contributed by atoms with Gasteiger partial charge >= 0.3 is 0 Å². The Hall–Kier alpha value is -2.73. The maximum absolute atomic E-state index is 14.5. The number of fused-ring (bicyclic) bond motifs is 1. The highest BCUT2D eigenvalue weighted by Crippen LogP contribution is 2.33. The van der Waals surface area contributed by atoms with Crippen molar-refractivity contribution in [2.75, 3.05) is 0 Å². The summed E-state index contributed by atoms with van der Waals surface area (Å²) in [5.74, 6) is -0.335. The molecule has 0 bridgehead atoms. The molecule has 0 saturated carbocycles. The van der Waals surface area contributed by atoms with E-state index in [9.17, 15) is 9.18 Å². The van der Waals surface area contributed by atoms with Crippen LogP contribution >= 0.6 is 11.6 Å². The smallest absolute Gasteiger partial charge is 0.225 e. The second-order valence-corrected chi connectivity index (χ2v) is 6.83. The van der Waals surface area contributed by atoms with Gasteiger partial charge in [-0.25, -0.2) is 14.1 Å². The summed E-state index contributed by atoms with van der Waals surface area (Å²) in [5.41, 5.74) is 8.06. The van der Waals surface area contributed by atoms with Crippen LogP contribution in [0.1, 0.15) is 23.0 Å². The highest BCUT2D eigenvalue weighted by molar-refractivity contribution is 6.30. The molecule has 26 heavy (non-hydrogen) atoms. The van der Waals surface area contributed by atoms with Gasteiger partial charge in [0, 0.05) is 5.02 Å². The minimum Gasteiger partial charge on any atom is -0.369 e. The molecule has 0 saturated heterocycles. The standard InChI is InChI=1S/C19H16ClFN4O/c20-13-5-6-15(16(21)9-13)19-23-18(10-17(22)26)24-25(19)14-7-11-3-1-2-4-12(11)8-14/h1-6,9,14H,7-8,10H2,(H2,22,26). The molecule has 1 heterocycles. The number of rotatable bonds is 4. The van der Waals surface area contributed by atoms with Gasteiger partial charge in [0.2, 0.25) is 5.91 Å². The van der Waals surface area contributed by atoms with E-state index in [0.29, 0.717) is 16.4 Å². The van der Waals surface area contributed by atoms with E-state index in [1.165, 1.54) is 17.2 Å². The van der Waals surface area contributed by atoms with Crippen LogP contribution in [0, 0.1) is 5.82 Å². The van der Waals surface area contributed by atoms with Crippen LogP contribution in [-0.4, -0.2) is 20.7 Å². The maximum atomic E-state index is 14.5. The maximum Gasteiger partial charge on any atom is 0.225 e. The van der Waals surface area contributed by atoms with Gasteiger partial charge < -0.3 is 5.73 Å². The number of aromatic nitrogens is 3. The Labute approximate surface area is 154 Å². The van der Waals surface area contributed by atoms with Crippen LogP contribution < -0.4 is 5.73 Å². The van der Waals surface area contributed by atoms with Gasteiger partial charge in [0.1, 0.15) is 5.82 Å². The van der Waals surface area contributed by atoms with Gasteiger partial charge in [0.25, 0.3) is 0 Å². The topological polar surface area (TPSA) is 73.8 Å². The molecule has 1 aromatic heterocycles. The molecule has 2 N–H and O–H groups in total. The van der Waals surface area contributed by atoms with E-state index in [1.54, 1.807) is 16.8 Å². The number of nitrogens with zero attached hydrogens (tertiary/aromatic N) is 3. The summed E-state index contributed by atoms with van der Waals surface area (Å²) in [5, 5.41) is 4.77. The molecule has 2 aromatic carbocycles. The minimum absolute atomic E-state index is 0.00612. The number of carbonyl (C=O) groups excluding carboxylic acids is 1. The first-order chi connectivity index (χ1) is 12.5. The molecule has 0 unspecified atom stereocenters. The van der Waals surface area contributed by atoms with E-state index in [0.717, 1.165) is 12.8 Å². The van der Waals surface area contributed by atoms with E-state index in [-0.39, 0.29) is 18.3 Å². The van der Waals surface area contributed by atoms with Crippen molar-refractivity contribution >= 4 is 17.5 Å². The van der Waals surface area contributed by atoms with Crippen LogP contribution in [0.3, 0.4) is 0 Å². The van der Waals surface area contributed by atoms with E-state index in [4.69, 9.17) is 17.3 Å². The third-order valence-electron chi connectivity index (χ3n) is 4.55. The van der Waals surface area contributed by atoms with Gasteiger partial charge in [-0.3, -0.25) is 4.79 Å². The number of carbonyl (C=O) groups is 1. The van der Waals surface area contributed by atoms with Gasteiger partial charge in [-0.05, 0) is 42.2 Å². The molecule has 5 nitrogen and oxygen atoms in total. The van der Waals surface area contributed by atoms with Crippen LogP contribution in [0.5, 0.6) is 0 Å². The van der Waals surface area contributed by atoms with Gasteiger partial charge in [-0.2, -0.15) is 5.10 Å². The highest BCUT2D eigenvalue weighted by atomic mass is 35.5. The lowest BCUT2D eigenvalue weighted by atomic mass is 10.1. The molecule has 0 radical (unpaired) electrons. The lowest BCUT2D eigenvalue weighted by molar-refractivity contribution is -0.117. The van der Waals surface area contributed by atoms with Crippen molar-refractivity contribution in [3.8, 4) is 11.4 Å². The first kappa shape index (κ1) is 16.7. The summed E-state index contributed by atoms with van der Waals surface area (Å²) in [7, 11) is 0. The number of hydrogen-bond acceptors (Lipinski definition) is 3. The molecule has 0 fully saturated rings. The van der Waals surface area contributed by atoms with Crippen LogP contribution in [0.4, 0.5) is 4.39 Å². The molecule has 0 atom stereocenters. The molecule has 4 rings (SSSR count). The monoisotopic (exact) mass is 370 g/mol. The average Bonchev–Trinajstić information content (AvgIpc) is 3.18. The van der Waals surface area contributed by atoms with E-state index < -0.39 is 11.7 Å². The Kier molecular flexibility index (Phi) is 4.20. The zero-order chi connectivity index (χ0) is 18.3. The number of halogens is 2. The highest BCUT2D eigenvalue weighted by Gasteiger charge is 2.28. The molecule has 7 heteroatoms. The molecule has 1 aliphatic carbocycles. The van der Waals surface area contributed by atoms with Crippen LogP contribution in [-0.2, 0) is 24.1 Å². The molecular weight excluding hydrogens is 355 g/mol.